The monoisotopic (exact) mass is 357 g/mol. The second-order valence-corrected chi connectivity index (χ2v) is 8.06. The number of fused-ring (bicyclic) bond motifs is 1. The van der Waals surface area contributed by atoms with Crippen molar-refractivity contribution in [2.75, 3.05) is 18.0 Å². The van der Waals surface area contributed by atoms with Crippen LogP contribution in [0.25, 0.3) is 0 Å². The molecule has 0 bridgehead atoms. The number of hydrogen-bond donors (Lipinski definition) is 0. The lowest BCUT2D eigenvalue weighted by Gasteiger charge is -2.33. The predicted octanol–water partition coefficient (Wildman–Crippen LogP) is 3.99. The number of likely N-dealkylation sites (tertiary alicyclic amines) is 1. The lowest BCUT2D eigenvalue weighted by Crippen LogP contribution is -2.42. The first-order valence-corrected chi connectivity index (χ1v) is 9.92. The summed E-state index contributed by atoms with van der Waals surface area (Å²) in [5.41, 5.74) is 1.16. The highest BCUT2D eigenvalue weighted by Crippen LogP contribution is 2.41. The molecule has 3 unspecified atom stereocenters. The summed E-state index contributed by atoms with van der Waals surface area (Å²) in [7, 11) is 0. The molecule has 0 radical (unpaired) electrons. The molecule has 3 aliphatic rings. The smallest absolute Gasteiger partial charge is 0.293 e. The fourth-order valence-electron chi connectivity index (χ4n) is 5.24. The molecule has 0 aromatic heterocycles. The van der Waals surface area contributed by atoms with E-state index >= 15 is 0 Å². The minimum absolute atomic E-state index is 0.0389. The molecule has 1 aromatic rings. The molecular formula is C20H27N3O3. The largest absolute Gasteiger partial charge is 0.366 e. The van der Waals surface area contributed by atoms with E-state index < -0.39 is 0 Å². The molecule has 1 aliphatic carbocycles. The molecule has 6 nitrogen and oxygen atoms in total. The van der Waals surface area contributed by atoms with Gasteiger partial charge in [-0.15, -0.1) is 0 Å². The van der Waals surface area contributed by atoms with Crippen LogP contribution in [0.4, 0.5) is 11.4 Å². The van der Waals surface area contributed by atoms with Gasteiger partial charge in [-0.3, -0.25) is 14.9 Å². The van der Waals surface area contributed by atoms with Crippen molar-refractivity contribution in [3.8, 4) is 0 Å². The maximum absolute atomic E-state index is 13.2. The van der Waals surface area contributed by atoms with Crippen LogP contribution in [0.5, 0.6) is 0 Å². The van der Waals surface area contributed by atoms with Crippen LogP contribution >= 0.6 is 0 Å². The van der Waals surface area contributed by atoms with Crippen molar-refractivity contribution < 1.29 is 9.72 Å². The van der Waals surface area contributed by atoms with E-state index in [1.165, 1.54) is 25.3 Å². The summed E-state index contributed by atoms with van der Waals surface area (Å²) in [4.78, 5) is 28.6. The van der Waals surface area contributed by atoms with Gasteiger partial charge in [0.2, 0.25) is 0 Å². The summed E-state index contributed by atoms with van der Waals surface area (Å²) in [6, 6.07) is 5.58. The summed E-state index contributed by atoms with van der Waals surface area (Å²) in [5.74, 6) is 0.560. The van der Waals surface area contributed by atoms with Crippen LogP contribution in [-0.4, -0.2) is 40.9 Å². The average Bonchev–Trinajstić information content (AvgIpc) is 3.27. The van der Waals surface area contributed by atoms with Crippen molar-refractivity contribution in [3.05, 3.63) is 33.9 Å². The van der Waals surface area contributed by atoms with Crippen LogP contribution in [0.2, 0.25) is 0 Å². The van der Waals surface area contributed by atoms with Crippen LogP contribution in [0.1, 0.15) is 62.2 Å². The molecular weight excluding hydrogens is 330 g/mol. The molecule has 4 rings (SSSR count). The zero-order chi connectivity index (χ0) is 18.3. The number of rotatable bonds is 3. The van der Waals surface area contributed by atoms with E-state index in [1.807, 2.05) is 4.90 Å². The molecule has 6 heteroatoms. The summed E-state index contributed by atoms with van der Waals surface area (Å²) in [5, 5.41) is 11.6. The first-order valence-electron chi connectivity index (χ1n) is 9.92. The Hall–Kier alpha value is -2.11. The minimum atomic E-state index is -0.346. The number of carbonyl (C=O) groups excluding carboxylic acids is 1. The van der Waals surface area contributed by atoms with Crippen LogP contribution in [0.3, 0.4) is 0 Å². The van der Waals surface area contributed by atoms with Crippen LogP contribution in [0, 0.1) is 16.0 Å². The van der Waals surface area contributed by atoms with Gasteiger partial charge in [-0.05, 0) is 57.1 Å². The van der Waals surface area contributed by atoms with Crippen molar-refractivity contribution in [1.82, 2.24) is 4.90 Å². The number of carbonyl (C=O) groups is 1. The third-order valence-electron chi connectivity index (χ3n) is 6.45. The van der Waals surface area contributed by atoms with Crippen molar-refractivity contribution in [1.29, 1.82) is 0 Å². The molecule has 0 spiro atoms. The van der Waals surface area contributed by atoms with Crippen molar-refractivity contribution >= 4 is 17.3 Å². The van der Waals surface area contributed by atoms with E-state index in [1.54, 1.807) is 12.1 Å². The van der Waals surface area contributed by atoms with Crippen LogP contribution in [0.15, 0.2) is 18.2 Å². The number of nitro benzene ring substituents is 1. The molecule has 3 fully saturated rings. The molecule has 0 N–H and O–H groups in total. The number of amides is 1. The molecule has 140 valence electrons. The highest BCUT2D eigenvalue weighted by Gasteiger charge is 2.43. The Labute approximate surface area is 154 Å². The molecule has 2 saturated heterocycles. The first-order chi connectivity index (χ1) is 12.6. The minimum Gasteiger partial charge on any atom is -0.366 e. The number of nitrogens with zero attached hydrogens (tertiary/aromatic N) is 3. The summed E-state index contributed by atoms with van der Waals surface area (Å²) < 4.78 is 0. The number of benzene rings is 1. The number of hydrogen-bond acceptors (Lipinski definition) is 4. The van der Waals surface area contributed by atoms with E-state index in [9.17, 15) is 14.9 Å². The van der Waals surface area contributed by atoms with E-state index in [0.717, 1.165) is 38.8 Å². The molecule has 2 aliphatic heterocycles. The topological polar surface area (TPSA) is 66.7 Å². The van der Waals surface area contributed by atoms with E-state index in [2.05, 4.69) is 11.8 Å². The Morgan fingerprint density at radius 2 is 1.88 bits per heavy atom. The highest BCUT2D eigenvalue weighted by molar-refractivity contribution is 5.96. The zero-order valence-corrected chi connectivity index (χ0v) is 15.4. The zero-order valence-electron chi connectivity index (χ0n) is 15.4. The standard InChI is InChI=1S/C20H27N3O3/c1-14-12-15-6-2-3-7-17(15)22(14)20(24)16-8-9-18(19(13-16)23(25)26)21-10-4-5-11-21/h8-9,13-15,17H,2-7,10-12H2,1H3. The maximum atomic E-state index is 13.2. The second-order valence-electron chi connectivity index (χ2n) is 8.06. The van der Waals surface area contributed by atoms with Gasteiger partial charge in [-0.1, -0.05) is 12.8 Å². The maximum Gasteiger partial charge on any atom is 0.293 e. The van der Waals surface area contributed by atoms with Crippen molar-refractivity contribution in [2.24, 2.45) is 5.92 Å². The van der Waals surface area contributed by atoms with Gasteiger partial charge in [0.1, 0.15) is 5.69 Å². The first kappa shape index (κ1) is 17.3. The Morgan fingerprint density at radius 1 is 1.15 bits per heavy atom. The Balaban J connectivity index is 1.63. The molecule has 1 saturated carbocycles. The van der Waals surface area contributed by atoms with Gasteiger partial charge in [0.05, 0.1) is 4.92 Å². The van der Waals surface area contributed by atoms with Gasteiger partial charge >= 0.3 is 0 Å². The molecule has 1 amide bonds. The second kappa shape index (κ2) is 6.89. The fraction of sp³-hybridized carbons (Fsp3) is 0.650. The summed E-state index contributed by atoms with van der Waals surface area (Å²) in [6.45, 7) is 3.81. The number of anilines is 1. The third kappa shape index (κ3) is 2.95. The molecule has 26 heavy (non-hydrogen) atoms. The molecule has 3 atom stereocenters. The van der Waals surface area contributed by atoms with Crippen LogP contribution in [-0.2, 0) is 0 Å². The predicted molar refractivity (Wildman–Crippen MR) is 101 cm³/mol. The molecule has 1 aromatic carbocycles. The Bertz CT molecular complexity index is 714. The lowest BCUT2D eigenvalue weighted by atomic mass is 9.85. The van der Waals surface area contributed by atoms with Crippen molar-refractivity contribution in [2.45, 2.75) is 64.0 Å². The quantitative estimate of drug-likeness (QED) is 0.606. The normalized spacial score (nSPS) is 28.3. The molecule has 2 heterocycles. The van der Waals surface area contributed by atoms with Gasteiger partial charge in [-0.25, -0.2) is 0 Å². The lowest BCUT2D eigenvalue weighted by molar-refractivity contribution is -0.384. The average molecular weight is 357 g/mol. The van der Waals surface area contributed by atoms with Gasteiger partial charge in [0.15, 0.2) is 0 Å². The van der Waals surface area contributed by atoms with Crippen molar-refractivity contribution in [3.63, 3.8) is 0 Å². The fourth-order valence-corrected chi connectivity index (χ4v) is 5.24. The van der Waals surface area contributed by atoms with Gasteiger partial charge < -0.3 is 9.80 Å². The summed E-state index contributed by atoms with van der Waals surface area (Å²) in [6.07, 6.45) is 7.88. The Kier molecular flexibility index (Phi) is 4.59. The van der Waals surface area contributed by atoms with Gasteiger partial charge in [0.25, 0.3) is 11.6 Å². The third-order valence-corrected chi connectivity index (χ3v) is 6.45. The van der Waals surface area contributed by atoms with E-state index in [-0.39, 0.29) is 22.6 Å². The van der Waals surface area contributed by atoms with Gasteiger partial charge in [-0.2, -0.15) is 0 Å². The Morgan fingerprint density at radius 3 is 2.62 bits per heavy atom. The van der Waals surface area contributed by atoms with Crippen LogP contribution < -0.4 is 4.90 Å². The van der Waals surface area contributed by atoms with Gasteiger partial charge in [0, 0.05) is 36.8 Å². The van der Waals surface area contributed by atoms with E-state index in [0.29, 0.717) is 23.2 Å². The number of nitro groups is 1. The highest BCUT2D eigenvalue weighted by atomic mass is 16.6. The van der Waals surface area contributed by atoms with E-state index in [4.69, 9.17) is 0 Å². The SMILES string of the molecule is CC1CC2CCCCC2N1C(=O)c1ccc(N2CCCC2)c([N+](=O)[O-])c1. The summed E-state index contributed by atoms with van der Waals surface area (Å²) >= 11 is 0.